The molecule has 0 bridgehead atoms. The quantitative estimate of drug-likeness (QED) is 0.594. The molecule has 0 fully saturated rings. The van der Waals surface area contributed by atoms with E-state index in [1.54, 1.807) is 5.57 Å². The van der Waals surface area contributed by atoms with Gasteiger partial charge in [0, 0.05) is 5.92 Å². The predicted molar refractivity (Wildman–Crippen MR) is 106 cm³/mol. The van der Waals surface area contributed by atoms with Crippen LogP contribution < -0.4 is 0 Å². The van der Waals surface area contributed by atoms with Crippen molar-refractivity contribution in [2.45, 2.75) is 32.6 Å². The van der Waals surface area contributed by atoms with E-state index in [1.165, 1.54) is 44.5 Å². The molecule has 0 spiro atoms. The molecule has 3 aliphatic carbocycles. The van der Waals surface area contributed by atoms with Crippen LogP contribution in [0.2, 0.25) is 0 Å². The summed E-state index contributed by atoms with van der Waals surface area (Å²) < 4.78 is 0. The maximum absolute atomic E-state index is 2.41. The van der Waals surface area contributed by atoms with E-state index < -0.39 is 0 Å². The Morgan fingerprint density at radius 3 is 2.48 bits per heavy atom. The molecule has 0 heterocycles. The fraction of sp³-hybridized carbons (Fsp3) is 0.200. The molecule has 0 nitrogen and oxygen atoms in total. The molecule has 0 saturated heterocycles. The largest absolute Gasteiger partial charge is 0.0649 e. The molecule has 5 rings (SSSR count). The highest BCUT2D eigenvalue weighted by Crippen LogP contribution is 2.46. The molecule has 0 radical (unpaired) electrons. The molecule has 0 amide bonds. The van der Waals surface area contributed by atoms with Gasteiger partial charge in [0.1, 0.15) is 0 Å². The van der Waals surface area contributed by atoms with Crippen molar-refractivity contribution in [2.24, 2.45) is 0 Å². The van der Waals surface area contributed by atoms with Crippen molar-refractivity contribution in [1.82, 2.24) is 0 Å². The van der Waals surface area contributed by atoms with Gasteiger partial charge in [-0.15, -0.1) is 0 Å². The zero-order chi connectivity index (χ0) is 17.0. The third kappa shape index (κ3) is 2.28. The summed E-state index contributed by atoms with van der Waals surface area (Å²) in [6.45, 7) is 4.57. The first-order chi connectivity index (χ1) is 12.2. The second kappa shape index (κ2) is 5.46. The summed E-state index contributed by atoms with van der Waals surface area (Å²) in [5, 5.41) is 0. The fourth-order valence-corrected chi connectivity index (χ4v) is 4.65. The van der Waals surface area contributed by atoms with Crippen molar-refractivity contribution in [3.05, 3.63) is 105 Å². The van der Waals surface area contributed by atoms with Crippen LogP contribution in [0.4, 0.5) is 0 Å². The van der Waals surface area contributed by atoms with Gasteiger partial charge in [0.25, 0.3) is 0 Å². The summed E-state index contributed by atoms with van der Waals surface area (Å²) >= 11 is 0. The molecule has 122 valence electrons. The van der Waals surface area contributed by atoms with Crippen LogP contribution in [0.5, 0.6) is 0 Å². The zero-order valence-electron chi connectivity index (χ0n) is 14.8. The Bertz CT molecular complexity index is 1010. The molecule has 1 unspecified atom stereocenters. The van der Waals surface area contributed by atoms with Crippen LogP contribution in [0.3, 0.4) is 0 Å². The van der Waals surface area contributed by atoms with E-state index in [9.17, 15) is 0 Å². The Morgan fingerprint density at radius 1 is 0.840 bits per heavy atom. The third-order valence-electron chi connectivity index (χ3n) is 5.99. The lowest BCUT2D eigenvalue weighted by Gasteiger charge is -2.22. The molecule has 2 aromatic carbocycles. The first kappa shape index (κ1) is 14.7. The summed E-state index contributed by atoms with van der Waals surface area (Å²) in [6.07, 6.45) is 9.37. The monoisotopic (exact) mass is 322 g/mol. The molecule has 0 aliphatic heterocycles. The maximum Gasteiger partial charge on any atom is 0.00953 e. The van der Waals surface area contributed by atoms with Gasteiger partial charge in [0.15, 0.2) is 0 Å². The van der Waals surface area contributed by atoms with Crippen molar-refractivity contribution in [3.8, 4) is 0 Å². The summed E-state index contributed by atoms with van der Waals surface area (Å²) in [5.74, 6) is 0.520. The van der Waals surface area contributed by atoms with E-state index in [-0.39, 0.29) is 0 Å². The molecule has 2 aromatic rings. The normalized spacial score (nSPS) is 20.6. The predicted octanol–water partition coefficient (Wildman–Crippen LogP) is 6.47. The van der Waals surface area contributed by atoms with E-state index in [1.807, 2.05) is 0 Å². The standard InChI is InChI=1S/C25H22/c1-16-11-20-9-5-6-10-22(20)23(16)15-24-17(2)12-21-13-18-7-3-4-8-19(18)14-25(21)24/h3-12,14,23H,13,15H2,1-2H3. The Morgan fingerprint density at radius 2 is 1.60 bits per heavy atom. The van der Waals surface area contributed by atoms with E-state index in [0.717, 1.165) is 12.8 Å². The lowest BCUT2D eigenvalue weighted by atomic mass is 9.82. The van der Waals surface area contributed by atoms with Gasteiger partial charge in [-0.05, 0) is 77.3 Å². The van der Waals surface area contributed by atoms with Gasteiger partial charge >= 0.3 is 0 Å². The highest BCUT2D eigenvalue weighted by molar-refractivity contribution is 5.77. The van der Waals surface area contributed by atoms with E-state index >= 15 is 0 Å². The highest BCUT2D eigenvalue weighted by atomic mass is 14.3. The summed E-state index contributed by atoms with van der Waals surface area (Å²) in [4.78, 5) is 0. The summed E-state index contributed by atoms with van der Waals surface area (Å²) in [6, 6.07) is 17.7. The van der Waals surface area contributed by atoms with Crippen LogP contribution in [0.1, 0.15) is 48.4 Å². The zero-order valence-corrected chi connectivity index (χ0v) is 14.8. The number of hydrogen-bond donors (Lipinski definition) is 0. The van der Waals surface area contributed by atoms with Gasteiger partial charge in [-0.3, -0.25) is 0 Å². The first-order valence-electron chi connectivity index (χ1n) is 9.18. The lowest BCUT2D eigenvalue weighted by Crippen LogP contribution is -2.05. The van der Waals surface area contributed by atoms with Crippen molar-refractivity contribution < 1.29 is 0 Å². The fourth-order valence-electron chi connectivity index (χ4n) is 4.65. The Balaban J connectivity index is 1.53. The van der Waals surface area contributed by atoms with E-state index in [2.05, 4.69) is 80.6 Å². The molecular weight excluding hydrogens is 300 g/mol. The molecule has 25 heavy (non-hydrogen) atoms. The third-order valence-corrected chi connectivity index (χ3v) is 5.99. The minimum atomic E-state index is 0.520. The van der Waals surface area contributed by atoms with Gasteiger partial charge in [0.05, 0.1) is 0 Å². The number of hydrogen-bond acceptors (Lipinski definition) is 0. The van der Waals surface area contributed by atoms with Crippen LogP contribution >= 0.6 is 0 Å². The molecule has 1 atom stereocenters. The lowest BCUT2D eigenvalue weighted by molar-refractivity contribution is 0.799. The van der Waals surface area contributed by atoms with Crippen molar-refractivity contribution >= 4 is 12.2 Å². The second-order valence-electron chi connectivity index (χ2n) is 7.54. The molecule has 3 aliphatic rings. The van der Waals surface area contributed by atoms with Crippen LogP contribution in [-0.2, 0) is 6.42 Å². The van der Waals surface area contributed by atoms with E-state index in [4.69, 9.17) is 0 Å². The maximum atomic E-state index is 2.41. The average Bonchev–Trinajstić information content (AvgIpc) is 3.10. The topological polar surface area (TPSA) is 0 Å². The van der Waals surface area contributed by atoms with Crippen molar-refractivity contribution in [3.63, 3.8) is 0 Å². The van der Waals surface area contributed by atoms with Gasteiger partial charge in [-0.2, -0.15) is 0 Å². The Labute approximate surface area is 149 Å². The second-order valence-corrected chi connectivity index (χ2v) is 7.54. The van der Waals surface area contributed by atoms with Crippen LogP contribution in [0.15, 0.2) is 82.5 Å². The SMILES string of the molecule is CC1=Cc2ccccc2C1CC1=C(C)C=C2Cc3ccccc3C=C21. The number of rotatable bonds is 2. The van der Waals surface area contributed by atoms with Crippen LogP contribution in [-0.4, -0.2) is 0 Å². The summed E-state index contributed by atoms with van der Waals surface area (Å²) in [7, 11) is 0. The highest BCUT2D eigenvalue weighted by Gasteiger charge is 2.29. The minimum Gasteiger partial charge on any atom is -0.0649 e. The smallest absolute Gasteiger partial charge is 0.00953 e. The number of benzene rings is 2. The minimum absolute atomic E-state index is 0.520. The van der Waals surface area contributed by atoms with E-state index in [0.29, 0.717) is 5.92 Å². The first-order valence-corrected chi connectivity index (χ1v) is 9.18. The van der Waals surface area contributed by atoms with Gasteiger partial charge in [-0.25, -0.2) is 0 Å². The van der Waals surface area contributed by atoms with Gasteiger partial charge in [-0.1, -0.05) is 66.3 Å². The van der Waals surface area contributed by atoms with Gasteiger partial charge < -0.3 is 0 Å². The number of allylic oxidation sites excluding steroid dienone is 6. The molecule has 0 heteroatoms. The Hall–Kier alpha value is -2.60. The molecule has 0 saturated carbocycles. The molecule has 0 aromatic heterocycles. The molecular formula is C25H22. The van der Waals surface area contributed by atoms with Crippen LogP contribution in [0.25, 0.3) is 12.2 Å². The number of fused-ring (bicyclic) bond motifs is 3. The van der Waals surface area contributed by atoms with Crippen LogP contribution in [0, 0.1) is 0 Å². The molecule has 0 N–H and O–H groups in total. The average molecular weight is 322 g/mol. The Kier molecular flexibility index (Phi) is 3.21. The summed E-state index contributed by atoms with van der Waals surface area (Å²) in [5.41, 5.74) is 13.2. The van der Waals surface area contributed by atoms with Gasteiger partial charge in [0.2, 0.25) is 0 Å². The van der Waals surface area contributed by atoms with Crippen molar-refractivity contribution in [1.29, 1.82) is 0 Å². The van der Waals surface area contributed by atoms with Crippen molar-refractivity contribution in [2.75, 3.05) is 0 Å².